The Morgan fingerprint density at radius 3 is 1.69 bits per heavy atom. The van der Waals surface area contributed by atoms with E-state index in [9.17, 15) is 0 Å². The number of aromatic nitrogens is 1. The van der Waals surface area contributed by atoms with Crippen molar-refractivity contribution < 1.29 is 4.74 Å². The highest BCUT2D eigenvalue weighted by atomic mass is 16.5. The monoisotopic (exact) mass is 411 g/mol. The van der Waals surface area contributed by atoms with Crippen LogP contribution in [0.1, 0.15) is 0 Å². The quantitative estimate of drug-likeness (QED) is 0.276. The van der Waals surface area contributed by atoms with E-state index in [0.29, 0.717) is 0 Å². The first-order valence-electron chi connectivity index (χ1n) is 10.8. The highest BCUT2D eigenvalue weighted by molar-refractivity contribution is 6.21. The average Bonchev–Trinajstić information content (AvgIpc) is 2.87. The highest BCUT2D eigenvalue weighted by Gasteiger charge is 2.16. The van der Waals surface area contributed by atoms with Gasteiger partial charge < -0.3 is 4.74 Å². The molecule has 152 valence electrons. The van der Waals surface area contributed by atoms with Gasteiger partial charge in [0.15, 0.2) is 0 Å². The molecule has 5 aromatic carbocycles. The third kappa shape index (κ3) is 2.92. The second kappa shape index (κ2) is 7.51. The van der Waals surface area contributed by atoms with Gasteiger partial charge in [0.1, 0.15) is 5.75 Å². The van der Waals surface area contributed by atoms with Crippen LogP contribution in [0.2, 0.25) is 0 Å². The van der Waals surface area contributed by atoms with Gasteiger partial charge in [0.25, 0.3) is 0 Å². The Hall–Kier alpha value is -4.17. The summed E-state index contributed by atoms with van der Waals surface area (Å²) >= 11 is 0. The third-order valence-corrected chi connectivity index (χ3v) is 6.19. The van der Waals surface area contributed by atoms with E-state index in [0.717, 1.165) is 22.2 Å². The van der Waals surface area contributed by atoms with E-state index in [2.05, 4.69) is 84.9 Å². The van der Waals surface area contributed by atoms with Crippen LogP contribution in [0.4, 0.5) is 0 Å². The SMILES string of the molecule is COc1ccc(-c2c3ccccc3c(-c3cnc4ccccc4c3)c3ccccc23)cc1. The highest BCUT2D eigenvalue weighted by Crippen LogP contribution is 2.43. The van der Waals surface area contributed by atoms with Crippen LogP contribution in [-0.4, -0.2) is 12.1 Å². The first-order chi connectivity index (χ1) is 15.8. The van der Waals surface area contributed by atoms with E-state index in [-0.39, 0.29) is 0 Å². The molecule has 0 unspecified atom stereocenters. The molecule has 0 saturated heterocycles. The normalized spacial score (nSPS) is 11.3. The number of rotatable bonds is 3. The summed E-state index contributed by atoms with van der Waals surface area (Å²) in [5, 5.41) is 6.08. The molecule has 0 atom stereocenters. The Labute approximate surface area is 186 Å². The predicted molar refractivity (Wildman–Crippen MR) is 134 cm³/mol. The topological polar surface area (TPSA) is 22.1 Å². The van der Waals surface area contributed by atoms with Crippen molar-refractivity contribution in [3.8, 4) is 28.0 Å². The lowest BCUT2D eigenvalue weighted by Crippen LogP contribution is -1.92. The van der Waals surface area contributed by atoms with E-state index < -0.39 is 0 Å². The zero-order valence-corrected chi connectivity index (χ0v) is 17.7. The van der Waals surface area contributed by atoms with Crippen molar-refractivity contribution in [1.82, 2.24) is 4.98 Å². The zero-order chi connectivity index (χ0) is 21.5. The van der Waals surface area contributed by atoms with Gasteiger partial charge in [0.05, 0.1) is 12.6 Å². The summed E-state index contributed by atoms with van der Waals surface area (Å²) in [7, 11) is 1.70. The summed E-state index contributed by atoms with van der Waals surface area (Å²) in [4.78, 5) is 4.76. The Kier molecular flexibility index (Phi) is 4.36. The third-order valence-electron chi connectivity index (χ3n) is 6.19. The summed E-state index contributed by atoms with van der Waals surface area (Å²) in [6.07, 6.45) is 2.00. The number of pyridine rings is 1. The number of fused-ring (bicyclic) bond motifs is 3. The molecule has 0 N–H and O–H groups in total. The molecule has 0 aliphatic carbocycles. The van der Waals surface area contributed by atoms with Crippen molar-refractivity contribution >= 4 is 32.4 Å². The summed E-state index contributed by atoms with van der Waals surface area (Å²) in [5.41, 5.74) is 5.81. The van der Waals surface area contributed by atoms with Gasteiger partial charge in [0.2, 0.25) is 0 Å². The number of methoxy groups -OCH3 is 1. The van der Waals surface area contributed by atoms with Crippen molar-refractivity contribution in [2.24, 2.45) is 0 Å². The number of hydrogen-bond donors (Lipinski definition) is 0. The molecular weight excluding hydrogens is 390 g/mol. The van der Waals surface area contributed by atoms with Crippen LogP contribution < -0.4 is 4.74 Å². The summed E-state index contributed by atoms with van der Waals surface area (Å²) in [6.45, 7) is 0. The maximum atomic E-state index is 5.39. The number of nitrogens with zero attached hydrogens (tertiary/aromatic N) is 1. The Bertz CT molecular complexity index is 1540. The number of hydrogen-bond acceptors (Lipinski definition) is 2. The van der Waals surface area contributed by atoms with Gasteiger partial charge in [-0.15, -0.1) is 0 Å². The second-order valence-electron chi connectivity index (χ2n) is 7.99. The molecule has 6 rings (SSSR count). The molecule has 6 aromatic rings. The van der Waals surface area contributed by atoms with Crippen LogP contribution in [0.5, 0.6) is 5.75 Å². The molecule has 0 spiro atoms. The van der Waals surface area contributed by atoms with Crippen molar-refractivity contribution in [1.29, 1.82) is 0 Å². The van der Waals surface area contributed by atoms with Crippen molar-refractivity contribution in [2.45, 2.75) is 0 Å². The van der Waals surface area contributed by atoms with Gasteiger partial charge in [-0.2, -0.15) is 0 Å². The Morgan fingerprint density at radius 1 is 0.562 bits per heavy atom. The first kappa shape index (κ1) is 18.6. The molecular formula is C30H21NO. The number of para-hydroxylation sites is 1. The van der Waals surface area contributed by atoms with Crippen molar-refractivity contribution in [3.63, 3.8) is 0 Å². The lowest BCUT2D eigenvalue weighted by Gasteiger charge is -2.18. The number of benzene rings is 5. The van der Waals surface area contributed by atoms with E-state index in [4.69, 9.17) is 9.72 Å². The van der Waals surface area contributed by atoms with Crippen molar-refractivity contribution in [3.05, 3.63) is 109 Å². The number of ether oxygens (including phenoxy) is 1. The van der Waals surface area contributed by atoms with E-state index in [1.807, 2.05) is 24.4 Å². The molecule has 0 aliphatic rings. The fraction of sp³-hybridized carbons (Fsp3) is 0.0333. The van der Waals surface area contributed by atoms with Gasteiger partial charge >= 0.3 is 0 Å². The standard InChI is InChI=1S/C30H21NO/c1-32-23-16-14-20(15-17-23)29-24-9-3-5-11-26(24)30(27-12-6-4-10-25(27)29)22-18-21-8-2-7-13-28(21)31-19-22/h2-19H,1H3. The molecule has 0 amide bonds. The summed E-state index contributed by atoms with van der Waals surface area (Å²) in [6, 6.07) is 36.2. The van der Waals surface area contributed by atoms with Crippen LogP contribution in [0.25, 0.3) is 54.7 Å². The molecule has 0 fully saturated rings. The minimum atomic E-state index is 0.862. The van der Waals surface area contributed by atoms with Crippen LogP contribution in [-0.2, 0) is 0 Å². The van der Waals surface area contributed by atoms with Gasteiger partial charge in [-0.3, -0.25) is 4.98 Å². The maximum absolute atomic E-state index is 5.39. The van der Waals surface area contributed by atoms with Crippen LogP contribution >= 0.6 is 0 Å². The largest absolute Gasteiger partial charge is 0.497 e. The van der Waals surface area contributed by atoms with Gasteiger partial charge in [-0.05, 0) is 62.5 Å². The fourth-order valence-corrected chi connectivity index (χ4v) is 4.72. The minimum Gasteiger partial charge on any atom is -0.497 e. The van der Waals surface area contributed by atoms with Gasteiger partial charge in [0, 0.05) is 17.1 Å². The molecule has 0 bridgehead atoms. The average molecular weight is 412 g/mol. The Morgan fingerprint density at radius 2 is 1.09 bits per heavy atom. The minimum absolute atomic E-state index is 0.862. The van der Waals surface area contributed by atoms with Crippen LogP contribution in [0.15, 0.2) is 109 Å². The molecule has 1 aromatic heterocycles. The van der Waals surface area contributed by atoms with E-state index in [1.54, 1.807) is 7.11 Å². The van der Waals surface area contributed by atoms with Gasteiger partial charge in [-0.25, -0.2) is 0 Å². The lowest BCUT2D eigenvalue weighted by atomic mass is 9.86. The van der Waals surface area contributed by atoms with Crippen LogP contribution in [0, 0.1) is 0 Å². The maximum Gasteiger partial charge on any atom is 0.118 e. The molecule has 0 aliphatic heterocycles. The fourth-order valence-electron chi connectivity index (χ4n) is 4.72. The molecule has 0 saturated carbocycles. The summed E-state index contributed by atoms with van der Waals surface area (Å²) in [5.74, 6) is 0.862. The molecule has 0 radical (unpaired) electrons. The molecule has 2 heteroatoms. The first-order valence-corrected chi connectivity index (χ1v) is 10.8. The smallest absolute Gasteiger partial charge is 0.118 e. The van der Waals surface area contributed by atoms with Crippen molar-refractivity contribution in [2.75, 3.05) is 7.11 Å². The molecule has 1 heterocycles. The molecule has 2 nitrogen and oxygen atoms in total. The van der Waals surface area contributed by atoms with Gasteiger partial charge in [-0.1, -0.05) is 78.9 Å². The predicted octanol–water partition coefficient (Wildman–Crippen LogP) is 7.88. The zero-order valence-electron chi connectivity index (χ0n) is 17.7. The summed E-state index contributed by atoms with van der Waals surface area (Å²) < 4.78 is 5.39. The molecule has 32 heavy (non-hydrogen) atoms. The van der Waals surface area contributed by atoms with E-state index >= 15 is 0 Å². The Balaban J connectivity index is 1.73. The second-order valence-corrected chi connectivity index (χ2v) is 7.99. The lowest BCUT2D eigenvalue weighted by molar-refractivity contribution is 0.415. The van der Waals surface area contributed by atoms with E-state index in [1.165, 1.54) is 38.2 Å². The van der Waals surface area contributed by atoms with Crippen LogP contribution in [0.3, 0.4) is 0 Å².